The van der Waals surface area contributed by atoms with E-state index in [2.05, 4.69) is 5.32 Å². The summed E-state index contributed by atoms with van der Waals surface area (Å²) in [5.41, 5.74) is 7.62. The predicted molar refractivity (Wildman–Crippen MR) is 120 cm³/mol. The summed E-state index contributed by atoms with van der Waals surface area (Å²) < 4.78 is 5.68. The monoisotopic (exact) mass is 462 g/mol. The van der Waals surface area contributed by atoms with Crippen molar-refractivity contribution in [1.29, 1.82) is 0 Å². The van der Waals surface area contributed by atoms with Gasteiger partial charge in [0.05, 0.1) is 21.3 Å². The van der Waals surface area contributed by atoms with Gasteiger partial charge in [-0.3, -0.25) is 14.4 Å². The Morgan fingerprint density at radius 3 is 2.26 bits per heavy atom. The second-order valence-electron chi connectivity index (χ2n) is 6.35. The molecule has 7 nitrogen and oxygen atoms in total. The zero-order valence-electron chi connectivity index (χ0n) is 16.5. The van der Waals surface area contributed by atoms with Gasteiger partial charge < -0.3 is 20.9 Å². The lowest BCUT2D eigenvalue weighted by Crippen LogP contribution is -2.27. The van der Waals surface area contributed by atoms with Crippen LogP contribution in [0.3, 0.4) is 0 Å². The molecule has 2 aromatic rings. The molecule has 31 heavy (non-hydrogen) atoms. The number of nitrogens with two attached hydrogens (primary N) is 1. The number of carbonyl (C=O) groups is 3. The van der Waals surface area contributed by atoms with E-state index in [0.29, 0.717) is 26.9 Å². The smallest absolute Gasteiger partial charge is 0.322 e. The molecule has 162 valence electrons. The summed E-state index contributed by atoms with van der Waals surface area (Å²) in [4.78, 5) is 34.0. The highest BCUT2D eigenvalue weighted by molar-refractivity contribution is 6.37. The third kappa shape index (κ3) is 7.16. The van der Waals surface area contributed by atoms with Crippen LogP contribution in [-0.2, 0) is 14.4 Å². The highest BCUT2D eigenvalue weighted by Crippen LogP contribution is 2.30. The van der Waals surface area contributed by atoms with Gasteiger partial charge in [0.2, 0.25) is 5.91 Å². The van der Waals surface area contributed by atoms with Gasteiger partial charge in [-0.05, 0) is 42.8 Å². The third-order valence-electron chi connectivity index (χ3n) is 4.09. The van der Waals surface area contributed by atoms with Gasteiger partial charge in [-0.15, -0.1) is 0 Å². The molecule has 9 heteroatoms. The summed E-state index contributed by atoms with van der Waals surface area (Å²) in [6, 6.07) is 11.6. The third-order valence-corrected chi connectivity index (χ3v) is 4.72. The molecular formula is C22H20Cl2N2O5. The van der Waals surface area contributed by atoms with Crippen molar-refractivity contribution in [3.63, 3.8) is 0 Å². The number of carboxylic acids is 1. The number of nitrogens with one attached hydrogen (secondary N) is 1. The van der Waals surface area contributed by atoms with Gasteiger partial charge in [0.15, 0.2) is 5.78 Å². The number of hydrogen-bond acceptors (Lipinski definition) is 5. The Hall–Kier alpha value is -3.29. The van der Waals surface area contributed by atoms with Gasteiger partial charge in [-0.25, -0.2) is 0 Å². The van der Waals surface area contributed by atoms with Crippen molar-refractivity contribution in [2.45, 2.75) is 6.92 Å². The van der Waals surface area contributed by atoms with E-state index in [0.717, 1.165) is 0 Å². The maximum absolute atomic E-state index is 12.1. The number of rotatable bonds is 9. The fraction of sp³-hybridized carbons (Fsp3) is 0.136. The fourth-order valence-corrected chi connectivity index (χ4v) is 3.10. The largest absolute Gasteiger partial charge is 0.489 e. The molecule has 0 saturated carbocycles. The average Bonchev–Trinajstić information content (AvgIpc) is 2.71. The minimum atomic E-state index is -1.13. The van der Waals surface area contributed by atoms with Crippen molar-refractivity contribution >= 4 is 52.6 Å². The number of carbonyl (C=O) groups excluding carboxylic acids is 2. The Balaban J connectivity index is 2.09. The molecule has 0 unspecified atom stereocenters. The number of hydrogen-bond donors (Lipinski definition) is 3. The molecule has 0 aliphatic rings. The van der Waals surface area contributed by atoms with Crippen LogP contribution in [0.25, 0.3) is 11.8 Å². The summed E-state index contributed by atoms with van der Waals surface area (Å²) in [7, 11) is 0. The number of amides is 1. The fourth-order valence-electron chi connectivity index (χ4n) is 2.50. The zero-order valence-corrected chi connectivity index (χ0v) is 18.0. The summed E-state index contributed by atoms with van der Waals surface area (Å²) >= 11 is 12.4. The Kier molecular flexibility index (Phi) is 8.66. The van der Waals surface area contributed by atoms with Crippen molar-refractivity contribution < 1.29 is 24.2 Å². The number of carboxylic acid groups (broad SMARTS) is 1. The van der Waals surface area contributed by atoms with Gasteiger partial charge in [0.25, 0.3) is 0 Å². The van der Waals surface area contributed by atoms with E-state index < -0.39 is 18.4 Å². The molecule has 0 atom stereocenters. The first-order valence-electron chi connectivity index (χ1n) is 9.03. The minimum absolute atomic E-state index is 0.0878. The predicted octanol–water partition coefficient (Wildman–Crippen LogP) is 3.55. The Labute approximate surface area is 189 Å². The second-order valence-corrected chi connectivity index (χ2v) is 7.16. The molecule has 4 N–H and O–H groups in total. The van der Waals surface area contributed by atoms with Crippen LogP contribution in [-0.4, -0.2) is 35.9 Å². The van der Waals surface area contributed by atoms with Crippen LogP contribution >= 0.6 is 23.2 Å². The maximum Gasteiger partial charge on any atom is 0.322 e. The quantitative estimate of drug-likeness (QED) is 0.490. The van der Waals surface area contributed by atoms with Crippen LogP contribution in [0.15, 0.2) is 54.1 Å². The standard InChI is InChI=1S/C22H20Cl2N2O5/c1-13(27)16(22(25)21-17(23)3-2-4-18(21)24)12-31-15-8-5-14(6-9-15)7-10-19(28)26-11-20(29)30/h2-10H,11-12,25H2,1H3,(H,26,28)(H,29,30)/b10-7+,22-16?. The van der Waals surface area contributed by atoms with Crippen molar-refractivity contribution in [1.82, 2.24) is 5.32 Å². The van der Waals surface area contributed by atoms with Crippen LogP contribution in [0, 0.1) is 0 Å². The number of halogens is 2. The van der Waals surface area contributed by atoms with Crippen LogP contribution < -0.4 is 15.8 Å². The molecular weight excluding hydrogens is 443 g/mol. The normalized spacial score (nSPS) is 11.7. The molecule has 0 aliphatic carbocycles. The van der Waals surface area contributed by atoms with E-state index in [4.69, 9.17) is 38.8 Å². The Morgan fingerprint density at radius 2 is 1.71 bits per heavy atom. The molecule has 2 rings (SSSR count). The first-order valence-corrected chi connectivity index (χ1v) is 9.79. The summed E-state index contributed by atoms with van der Waals surface area (Å²) in [5, 5.41) is 11.4. The molecule has 1 amide bonds. The lowest BCUT2D eigenvalue weighted by Gasteiger charge is -2.14. The van der Waals surface area contributed by atoms with E-state index in [1.807, 2.05) is 0 Å². The molecule has 0 aromatic heterocycles. The number of ketones is 1. The number of aliphatic carboxylic acids is 1. The molecule has 0 bridgehead atoms. The lowest BCUT2D eigenvalue weighted by atomic mass is 10.0. The van der Waals surface area contributed by atoms with E-state index >= 15 is 0 Å². The van der Waals surface area contributed by atoms with Crippen LogP contribution in [0.1, 0.15) is 18.1 Å². The van der Waals surface area contributed by atoms with E-state index in [1.165, 1.54) is 19.1 Å². The minimum Gasteiger partial charge on any atom is -0.489 e. The van der Waals surface area contributed by atoms with Crippen molar-refractivity contribution in [3.05, 3.63) is 75.3 Å². The van der Waals surface area contributed by atoms with Gasteiger partial charge in [0.1, 0.15) is 18.9 Å². The van der Waals surface area contributed by atoms with Gasteiger partial charge in [0, 0.05) is 11.6 Å². The first kappa shape index (κ1) is 24.0. The molecule has 0 heterocycles. The molecule has 0 radical (unpaired) electrons. The molecule has 2 aromatic carbocycles. The second kappa shape index (κ2) is 11.2. The highest BCUT2D eigenvalue weighted by Gasteiger charge is 2.17. The van der Waals surface area contributed by atoms with E-state index in [9.17, 15) is 14.4 Å². The van der Waals surface area contributed by atoms with E-state index in [1.54, 1.807) is 42.5 Å². The van der Waals surface area contributed by atoms with Gasteiger partial charge in [-0.1, -0.05) is 41.4 Å². The zero-order chi connectivity index (χ0) is 23.0. The summed E-state index contributed by atoms with van der Waals surface area (Å²) in [6.07, 6.45) is 2.75. The van der Waals surface area contributed by atoms with Crippen LogP contribution in [0.4, 0.5) is 0 Å². The van der Waals surface area contributed by atoms with Crippen molar-refractivity contribution in [2.75, 3.05) is 13.2 Å². The Bertz CT molecular complexity index is 1030. The van der Waals surface area contributed by atoms with E-state index in [-0.39, 0.29) is 23.7 Å². The average molecular weight is 463 g/mol. The van der Waals surface area contributed by atoms with Crippen molar-refractivity contribution in [3.8, 4) is 5.75 Å². The molecule has 0 fully saturated rings. The SMILES string of the molecule is CC(=O)C(COc1ccc(/C=C/C(=O)NCC(=O)O)cc1)=C(N)c1c(Cl)cccc1Cl. The molecule has 0 spiro atoms. The first-order chi connectivity index (χ1) is 14.7. The highest BCUT2D eigenvalue weighted by atomic mass is 35.5. The Morgan fingerprint density at radius 1 is 1.10 bits per heavy atom. The molecule has 0 saturated heterocycles. The van der Waals surface area contributed by atoms with Crippen molar-refractivity contribution in [2.24, 2.45) is 5.73 Å². The lowest BCUT2D eigenvalue weighted by molar-refractivity contribution is -0.137. The topological polar surface area (TPSA) is 119 Å². The van der Waals surface area contributed by atoms with Gasteiger partial charge in [-0.2, -0.15) is 0 Å². The van der Waals surface area contributed by atoms with Gasteiger partial charge >= 0.3 is 5.97 Å². The number of benzene rings is 2. The molecule has 0 aliphatic heterocycles. The maximum atomic E-state index is 12.1. The number of ether oxygens (including phenoxy) is 1. The summed E-state index contributed by atoms with van der Waals surface area (Å²) in [5.74, 6) is -1.45. The number of Topliss-reactive ketones (excluding diaryl/α,β-unsaturated/α-hetero) is 1. The summed E-state index contributed by atoms with van der Waals surface area (Å²) in [6.45, 7) is 0.833. The van der Waals surface area contributed by atoms with Crippen LogP contribution in [0.5, 0.6) is 5.75 Å². The van der Waals surface area contributed by atoms with Crippen LogP contribution in [0.2, 0.25) is 10.0 Å².